The molecular formula is C11H11F3N2O2. The first kappa shape index (κ1) is 12.5. The first-order valence-electron chi connectivity index (χ1n) is 5.30. The van der Waals surface area contributed by atoms with Crippen molar-refractivity contribution in [1.82, 2.24) is 4.57 Å². The average Bonchev–Trinajstić information content (AvgIpc) is 2.32. The standard InChI is InChI=1S/C11H11F3N2O2/c12-11(13,14)7-4-9(15)10(17)16(5-7)8-2-1-3-18-6-8/h4-6H,1-3,15H2. The molecule has 1 aromatic heterocycles. The molecule has 0 aliphatic carbocycles. The van der Waals surface area contributed by atoms with Crippen molar-refractivity contribution in [2.75, 3.05) is 12.3 Å². The molecule has 1 aromatic rings. The number of nitrogen functional groups attached to an aromatic ring is 1. The van der Waals surface area contributed by atoms with Gasteiger partial charge in [0.25, 0.3) is 5.56 Å². The molecule has 0 unspecified atom stereocenters. The van der Waals surface area contributed by atoms with E-state index in [-0.39, 0.29) is 0 Å². The Kier molecular flexibility index (Phi) is 3.06. The van der Waals surface area contributed by atoms with Crippen molar-refractivity contribution in [3.05, 3.63) is 34.4 Å². The Hall–Kier alpha value is -1.92. The zero-order chi connectivity index (χ0) is 13.3. The van der Waals surface area contributed by atoms with Crippen molar-refractivity contribution < 1.29 is 17.9 Å². The van der Waals surface area contributed by atoms with Crippen LogP contribution in [0.5, 0.6) is 0 Å². The highest BCUT2D eigenvalue weighted by molar-refractivity contribution is 5.50. The molecule has 0 aromatic carbocycles. The second-order valence-corrected chi connectivity index (χ2v) is 3.94. The Labute approximate surface area is 100 Å². The second-order valence-electron chi connectivity index (χ2n) is 3.94. The van der Waals surface area contributed by atoms with Gasteiger partial charge in [-0.15, -0.1) is 0 Å². The lowest BCUT2D eigenvalue weighted by atomic mass is 10.2. The van der Waals surface area contributed by atoms with Gasteiger partial charge in [-0.05, 0) is 18.9 Å². The summed E-state index contributed by atoms with van der Waals surface area (Å²) in [5.41, 5.74) is 3.65. The minimum Gasteiger partial charge on any atom is -0.499 e. The van der Waals surface area contributed by atoms with Crippen molar-refractivity contribution in [1.29, 1.82) is 0 Å². The maximum absolute atomic E-state index is 12.6. The molecule has 2 N–H and O–H groups in total. The lowest BCUT2D eigenvalue weighted by molar-refractivity contribution is -0.137. The second kappa shape index (κ2) is 4.40. The van der Waals surface area contributed by atoms with Crippen molar-refractivity contribution in [2.45, 2.75) is 19.0 Å². The molecule has 2 rings (SSSR count). The molecule has 0 spiro atoms. The number of allylic oxidation sites excluding steroid dienone is 1. The van der Waals surface area contributed by atoms with Crippen molar-refractivity contribution in [3.8, 4) is 0 Å². The zero-order valence-corrected chi connectivity index (χ0v) is 9.33. The number of nitrogens with zero attached hydrogens (tertiary/aromatic N) is 1. The van der Waals surface area contributed by atoms with Crippen LogP contribution in [0.15, 0.2) is 23.3 Å². The van der Waals surface area contributed by atoms with Gasteiger partial charge >= 0.3 is 6.18 Å². The minimum absolute atomic E-state index is 0.379. The summed E-state index contributed by atoms with van der Waals surface area (Å²) in [6.45, 7) is 0.493. The van der Waals surface area contributed by atoms with Gasteiger partial charge < -0.3 is 10.5 Å². The monoisotopic (exact) mass is 260 g/mol. The number of hydrogen-bond donors (Lipinski definition) is 1. The molecule has 0 fully saturated rings. The summed E-state index contributed by atoms with van der Waals surface area (Å²) in [5.74, 6) is 0. The number of hydrogen-bond acceptors (Lipinski definition) is 3. The predicted octanol–water partition coefficient (Wildman–Crippen LogP) is 2.06. The molecular weight excluding hydrogens is 249 g/mol. The highest BCUT2D eigenvalue weighted by Gasteiger charge is 2.32. The highest BCUT2D eigenvalue weighted by atomic mass is 19.4. The van der Waals surface area contributed by atoms with Gasteiger partial charge in [0.2, 0.25) is 0 Å². The molecule has 1 aliphatic heterocycles. The van der Waals surface area contributed by atoms with E-state index in [9.17, 15) is 18.0 Å². The van der Waals surface area contributed by atoms with Crippen LogP contribution in [-0.4, -0.2) is 11.2 Å². The van der Waals surface area contributed by atoms with Crippen LogP contribution in [-0.2, 0) is 10.9 Å². The van der Waals surface area contributed by atoms with Crippen LogP contribution in [0, 0.1) is 0 Å². The molecule has 7 heteroatoms. The lowest BCUT2D eigenvalue weighted by Crippen LogP contribution is -2.25. The fraction of sp³-hybridized carbons (Fsp3) is 0.364. The van der Waals surface area contributed by atoms with E-state index in [0.717, 1.165) is 10.8 Å². The van der Waals surface area contributed by atoms with Gasteiger partial charge in [-0.1, -0.05) is 0 Å². The van der Waals surface area contributed by atoms with Crippen LogP contribution in [0.1, 0.15) is 18.4 Å². The third-order valence-corrected chi connectivity index (χ3v) is 2.60. The van der Waals surface area contributed by atoms with Gasteiger partial charge in [-0.25, -0.2) is 0 Å². The van der Waals surface area contributed by atoms with E-state index >= 15 is 0 Å². The minimum atomic E-state index is -4.54. The highest BCUT2D eigenvalue weighted by Crippen LogP contribution is 2.30. The van der Waals surface area contributed by atoms with Crippen LogP contribution in [0.3, 0.4) is 0 Å². The Bertz CT molecular complexity index is 546. The molecule has 0 radical (unpaired) electrons. The molecule has 0 saturated heterocycles. The van der Waals surface area contributed by atoms with Gasteiger partial charge in [-0.3, -0.25) is 9.36 Å². The van der Waals surface area contributed by atoms with Gasteiger partial charge in [0, 0.05) is 6.20 Å². The fourth-order valence-corrected chi connectivity index (χ4v) is 1.70. The number of nitrogens with two attached hydrogens (primary N) is 1. The SMILES string of the molecule is Nc1cc(C(F)(F)F)cn(C2=COCCC2)c1=O. The molecule has 0 atom stereocenters. The van der Waals surface area contributed by atoms with Crippen molar-refractivity contribution >= 4 is 11.4 Å². The van der Waals surface area contributed by atoms with Gasteiger partial charge in [-0.2, -0.15) is 13.2 Å². The zero-order valence-electron chi connectivity index (χ0n) is 9.33. The lowest BCUT2D eigenvalue weighted by Gasteiger charge is -2.17. The summed E-state index contributed by atoms with van der Waals surface area (Å²) in [5, 5.41) is 0. The first-order chi connectivity index (χ1) is 8.39. The Morgan fingerprint density at radius 2 is 2.11 bits per heavy atom. The quantitative estimate of drug-likeness (QED) is 0.840. The van der Waals surface area contributed by atoms with E-state index in [4.69, 9.17) is 10.5 Å². The Morgan fingerprint density at radius 1 is 1.39 bits per heavy atom. The summed E-state index contributed by atoms with van der Waals surface area (Å²) in [7, 11) is 0. The summed E-state index contributed by atoms with van der Waals surface area (Å²) >= 11 is 0. The topological polar surface area (TPSA) is 57.2 Å². The van der Waals surface area contributed by atoms with E-state index in [1.54, 1.807) is 0 Å². The largest absolute Gasteiger partial charge is 0.499 e. The summed E-state index contributed by atoms with van der Waals surface area (Å²) < 4.78 is 43.8. The summed E-state index contributed by atoms with van der Waals surface area (Å²) in [6, 6.07) is 0.642. The van der Waals surface area contributed by atoms with Crippen LogP contribution in [0.4, 0.5) is 18.9 Å². The molecule has 0 bridgehead atoms. The van der Waals surface area contributed by atoms with Gasteiger partial charge in [0.1, 0.15) is 6.26 Å². The maximum atomic E-state index is 12.6. The Balaban J connectivity index is 2.56. The fourth-order valence-electron chi connectivity index (χ4n) is 1.70. The molecule has 4 nitrogen and oxygen atoms in total. The summed E-state index contributed by atoms with van der Waals surface area (Å²) in [6.07, 6.45) is -1.38. The van der Waals surface area contributed by atoms with E-state index in [1.807, 2.05) is 0 Å². The van der Waals surface area contributed by atoms with E-state index < -0.39 is 23.0 Å². The normalized spacial score (nSPS) is 16.1. The third-order valence-electron chi connectivity index (χ3n) is 2.60. The number of aromatic nitrogens is 1. The van der Waals surface area contributed by atoms with Crippen LogP contribution in [0.25, 0.3) is 5.70 Å². The smallest absolute Gasteiger partial charge is 0.417 e. The molecule has 2 heterocycles. The number of halogens is 3. The maximum Gasteiger partial charge on any atom is 0.417 e. The third kappa shape index (κ3) is 2.34. The molecule has 18 heavy (non-hydrogen) atoms. The number of ether oxygens (including phenoxy) is 1. The Morgan fingerprint density at radius 3 is 2.67 bits per heavy atom. The van der Waals surface area contributed by atoms with Crippen molar-refractivity contribution in [3.63, 3.8) is 0 Å². The first-order valence-corrected chi connectivity index (χ1v) is 5.30. The van der Waals surface area contributed by atoms with Gasteiger partial charge in [0.15, 0.2) is 0 Å². The molecule has 1 aliphatic rings. The van der Waals surface area contributed by atoms with Crippen molar-refractivity contribution in [2.24, 2.45) is 0 Å². The van der Waals surface area contributed by atoms with E-state index in [2.05, 4.69) is 0 Å². The molecule has 98 valence electrons. The number of rotatable bonds is 1. The van der Waals surface area contributed by atoms with Crippen LogP contribution >= 0.6 is 0 Å². The number of anilines is 1. The van der Waals surface area contributed by atoms with E-state index in [1.165, 1.54) is 6.26 Å². The van der Waals surface area contributed by atoms with Gasteiger partial charge in [0.05, 0.1) is 23.6 Å². The number of pyridine rings is 1. The molecule has 0 amide bonds. The molecule has 0 saturated carbocycles. The summed E-state index contributed by atoms with van der Waals surface area (Å²) in [4.78, 5) is 11.7. The number of alkyl halides is 3. The predicted molar refractivity (Wildman–Crippen MR) is 59.6 cm³/mol. The van der Waals surface area contributed by atoms with E-state index in [0.29, 0.717) is 31.2 Å². The van der Waals surface area contributed by atoms with Crippen LogP contribution in [0.2, 0.25) is 0 Å². The average molecular weight is 260 g/mol. The van der Waals surface area contributed by atoms with Crippen LogP contribution < -0.4 is 11.3 Å².